The SMILES string of the molecule is O=C(c1cccc(C(F)(F)F)c1)N1CCCC1c1nc(-c2ccc(Br)cc2)no1. The van der Waals surface area contributed by atoms with Crippen LogP contribution >= 0.6 is 15.9 Å². The maximum Gasteiger partial charge on any atom is 0.416 e. The lowest BCUT2D eigenvalue weighted by atomic mass is 10.1. The van der Waals surface area contributed by atoms with Gasteiger partial charge < -0.3 is 9.42 Å². The van der Waals surface area contributed by atoms with Crippen LogP contribution in [0.5, 0.6) is 0 Å². The number of rotatable bonds is 3. The quantitative estimate of drug-likeness (QED) is 0.512. The molecule has 29 heavy (non-hydrogen) atoms. The number of aromatic nitrogens is 2. The minimum atomic E-state index is -4.51. The smallest absolute Gasteiger partial charge is 0.337 e. The highest BCUT2D eigenvalue weighted by atomic mass is 79.9. The van der Waals surface area contributed by atoms with Crippen LogP contribution in [0.2, 0.25) is 0 Å². The van der Waals surface area contributed by atoms with Crippen LogP contribution in [-0.4, -0.2) is 27.5 Å². The number of alkyl halides is 3. The van der Waals surface area contributed by atoms with Gasteiger partial charge >= 0.3 is 6.18 Å². The Morgan fingerprint density at radius 2 is 1.93 bits per heavy atom. The molecule has 9 heteroatoms. The van der Waals surface area contributed by atoms with E-state index in [2.05, 4.69) is 26.1 Å². The Hall–Kier alpha value is -2.68. The summed E-state index contributed by atoms with van der Waals surface area (Å²) in [5.41, 5.74) is -0.106. The Balaban J connectivity index is 1.58. The van der Waals surface area contributed by atoms with Gasteiger partial charge in [-0.05, 0) is 55.3 Å². The number of amides is 1. The first-order valence-corrected chi connectivity index (χ1v) is 9.70. The van der Waals surface area contributed by atoms with Crippen molar-refractivity contribution >= 4 is 21.8 Å². The van der Waals surface area contributed by atoms with Crippen LogP contribution in [0.3, 0.4) is 0 Å². The molecule has 0 aliphatic carbocycles. The van der Waals surface area contributed by atoms with Crippen LogP contribution < -0.4 is 0 Å². The predicted molar refractivity (Wildman–Crippen MR) is 102 cm³/mol. The minimum Gasteiger partial charge on any atom is -0.337 e. The van der Waals surface area contributed by atoms with Gasteiger partial charge in [0, 0.05) is 22.1 Å². The van der Waals surface area contributed by atoms with Gasteiger partial charge in [-0.3, -0.25) is 4.79 Å². The second-order valence-corrected chi connectivity index (χ2v) is 7.61. The lowest BCUT2D eigenvalue weighted by Gasteiger charge is -2.22. The van der Waals surface area contributed by atoms with E-state index in [0.29, 0.717) is 25.2 Å². The molecule has 1 saturated heterocycles. The minimum absolute atomic E-state index is 0.0145. The third kappa shape index (κ3) is 4.05. The Bertz CT molecular complexity index is 1030. The molecule has 0 saturated carbocycles. The molecule has 1 atom stereocenters. The van der Waals surface area contributed by atoms with Crippen molar-refractivity contribution < 1.29 is 22.5 Å². The van der Waals surface area contributed by atoms with Gasteiger partial charge in [0.2, 0.25) is 11.7 Å². The van der Waals surface area contributed by atoms with Crippen molar-refractivity contribution in [3.8, 4) is 11.4 Å². The highest BCUT2D eigenvalue weighted by Crippen LogP contribution is 2.35. The van der Waals surface area contributed by atoms with Crippen molar-refractivity contribution in [3.63, 3.8) is 0 Å². The molecule has 0 radical (unpaired) electrons. The van der Waals surface area contributed by atoms with E-state index in [9.17, 15) is 18.0 Å². The van der Waals surface area contributed by atoms with Crippen molar-refractivity contribution in [2.75, 3.05) is 6.54 Å². The summed E-state index contributed by atoms with van der Waals surface area (Å²) in [6.45, 7) is 0.412. The zero-order chi connectivity index (χ0) is 20.6. The molecule has 4 rings (SSSR count). The molecule has 150 valence electrons. The number of hydrogen-bond acceptors (Lipinski definition) is 4. The van der Waals surface area contributed by atoms with Crippen molar-refractivity contribution in [1.29, 1.82) is 0 Å². The first kappa shape index (κ1) is 19.6. The van der Waals surface area contributed by atoms with Gasteiger partial charge in [0.15, 0.2) is 0 Å². The number of likely N-dealkylation sites (tertiary alicyclic amines) is 1. The largest absolute Gasteiger partial charge is 0.416 e. The monoisotopic (exact) mass is 465 g/mol. The van der Waals surface area contributed by atoms with Crippen LogP contribution in [0.25, 0.3) is 11.4 Å². The highest BCUT2D eigenvalue weighted by Gasteiger charge is 2.36. The van der Waals surface area contributed by atoms with Crippen LogP contribution in [0.1, 0.15) is 40.7 Å². The van der Waals surface area contributed by atoms with E-state index in [1.807, 2.05) is 24.3 Å². The van der Waals surface area contributed by atoms with Gasteiger partial charge in [0.25, 0.3) is 5.91 Å². The fourth-order valence-corrected chi connectivity index (χ4v) is 3.61. The normalized spacial score (nSPS) is 17.0. The van der Waals surface area contributed by atoms with Crippen molar-refractivity contribution in [3.05, 3.63) is 70.0 Å². The zero-order valence-electron chi connectivity index (χ0n) is 15.0. The van der Waals surface area contributed by atoms with E-state index >= 15 is 0 Å². The van der Waals surface area contributed by atoms with Crippen LogP contribution in [0, 0.1) is 0 Å². The van der Waals surface area contributed by atoms with E-state index in [1.165, 1.54) is 17.0 Å². The molecule has 0 bridgehead atoms. The summed E-state index contributed by atoms with van der Waals surface area (Å²) >= 11 is 3.36. The molecule has 1 aromatic heterocycles. The summed E-state index contributed by atoms with van der Waals surface area (Å²) in [5, 5.41) is 3.99. The number of benzene rings is 2. The first-order valence-electron chi connectivity index (χ1n) is 8.91. The van der Waals surface area contributed by atoms with Crippen molar-refractivity contribution in [2.45, 2.75) is 25.1 Å². The molecule has 0 N–H and O–H groups in total. The van der Waals surface area contributed by atoms with E-state index in [4.69, 9.17) is 4.52 Å². The summed E-state index contributed by atoms with van der Waals surface area (Å²) in [6.07, 6.45) is -3.20. The summed E-state index contributed by atoms with van der Waals surface area (Å²) < 4.78 is 45.2. The first-order chi connectivity index (χ1) is 13.8. The maximum absolute atomic E-state index is 13.0. The zero-order valence-corrected chi connectivity index (χ0v) is 16.6. The number of hydrogen-bond donors (Lipinski definition) is 0. The van der Waals surface area contributed by atoms with Gasteiger partial charge in [-0.1, -0.05) is 27.2 Å². The maximum atomic E-state index is 13.0. The van der Waals surface area contributed by atoms with Crippen LogP contribution in [0.15, 0.2) is 57.5 Å². The lowest BCUT2D eigenvalue weighted by Crippen LogP contribution is -2.31. The van der Waals surface area contributed by atoms with Gasteiger partial charge in [-0.2, -0.15) is 18.2 Å². The second-order valence-electron chi connectivity index (χ2n) is 6.70. The number of nitrogens with zero attached hydrogens (tertiary/aromatic N) is 3. The molecule has 2 heterocycles. The van der Waals surface area contributed by atoms with E-state index in [-0.39, 0.29) is 11.5 Å². The fraction of sp³-hybridized carbons (Fsp3) is 0.250. The fourth-order valence-electron chi connectivity index (χ4n) is 3.35. The Morgan fingerprint density at radius 1 is 1.17 bits per heavy atom. The van der Waals surface area contributed by atoms with Gasteiger partial charge in [0.1, 0.15) is 6.04 Å². The molecular weight excluding hydrogens is 451 g/mol. The molecule has 3 aromatic rings. The van der Waals surface area contributed by atoms with E-state index < -0.39 is 23.7 Å². The Kier molecular flexibility index (Phi) is 5.16. The third-order valence-corrected chi connectivity index (χ3v) is 5.31. The van der Waals surface area contributed by atoms with Crippen molar-refractivity contribution in [1.82, 2.24) is 15.0 Å². The van der Waals surface area contributed by atoms with Gasteiger partial charge in [-0.25, -0.2) is 0 Å². The van der Waals surface area contributed by atoms with Crippen LogP contribution in [-0.2, 0) is 6.18 Å². The molecule has 1 amide bonds. The number of carbonyl (C=O) groups is 1. The average Bonchev–Trinajstić information content (AvgIpc) is 3.37. The predicted octanol–water partition coefficient (Wildman–Crippen LogP) is 5.50. The molecule has 0 spiro atoms. The Labute approximate surface area is 172 Å². The summed E-state index contributed by atoms with van der Waals surface area (Å²) in [6, 6.07) is 11.3. The lowest BCUT2D eigenvalue weighted by molar-refractivity contribution is -0.137. The molecule has 2 aromatic carbocycles. The molecule has 1 unspecified atom stereocenters. The van der Waals surface area contributed by atoms with E-state index in [0.717, 1.165) is 22.2 Å². The summed E-state index contributed by atoms with van der Waals surface area (Å²) in [5.74, 6) is 0.189. The topological polar surface area (TPSA) is 59.2 Å². The summed E-state index contributed by atoms with van der Waals surface area (Å²) in [7, 11) is 0. The highest BCUT2D eigenvalue weighted by molar-refractivity contribution is 9.10. The average molecular weight is 466 g/mol. The number of carbonyl (C=O) groups excluding carboxylic acids is 1. The third-order valence-electron chi connectivity index (χ3n) is 4.78. The molecule has 1 aliphatic rings. The molecule has 5 nitrogen and oxygen atoms in total. The number of halogens is 4. The van der Waals surface area contributed by atoms with Crippen LogP contribution in [0.4, 0.5) is 13.2 Å². The molecule has 1 aliphatic heterocycles. The van der Waals surface area contributed by atoms with Gasteiger partial charge in [-0.15, -0.1) is 0 Å². The standard InChI is InChI=1S/C20H15BrF3N3O2/c21-15-8-6-12(7-9-15)17-25-18(29-26-17)16-5-2-10-27(16)19(28)13-3-1-4-14(11-13)20(22,23)24/h1,3-4,6-9,11,16H,2,5,10H2. The molecular formula is C20H15BrF3N3O2. The summed E-state index contributed by atoms with van der Waals surface area (Å²) in [4.78, 5) is 18.8. The Morgan fingerprint density at radius 3 is 2.66 bits per heavy atom. The molecule has 1 fully saturated rings. The van der Waals surface area contributed by atoms with E-state index in [1.54, 1.807) is 0 Å². The van der Waals surface area contributed by atoms with Gasteiger partial charge in [0.05, 0.1) is 5.56 Å². The second kappa shape index (κ2) is 7.62. The van der Waals surface area contributed by atoms with Crippen molar-refractivity contribution in [2.24, 2.45) is 0 Å².